The number of nitrogens with one attached hydrogen (secondary N) is 1. The van der Waals surface area contributed by atoms with Crippen LogP contribution in [0.1, 0.15) is 58.7 Å². The molecule has 0 bridgehead atoms. The molecule has 0 aliphatic carbocycles. The van der Waals surface area contributed by atoms with Gasteiger partial charge in [-0.1, -0.05) is 13.8 Å². The number of anilines is 1. The van der Waals surface area contributed by atoms with Crippen molar-refractivity contribution in [2.75, 3.05) is 50.8 Å². The summed E-state index contributed by atoms with van der Waals surface area (Å²) in [5.74, 6) is 1.65. The number of rotatable bonds is 7. The molecular formula is C22H41N5O2. The van der Waals surface area contributed by atoms with Gasteiger partial charge in [0.1, 0.15) is 5.82 Å². The number of hydrogen-bond donors (Lipinski definition) is 1. The maximum atomic E-state index is 5.92. The fourth-order valence-corrected chi connectivity index (χ4v) is 4.66. The van der Waals surface area contributed by atoms with E-state index in [2.05, 4.69) is 68.4 Å². The fourth-order valence-electron chi connectivity index (χ4n) is 4.66. The lowest BCUT2D eigenvalue weighted by atomic mass is 9.99. The lowest BCUT2D eigenvalue weighted by Gasteiger charge is -2.45. The van der Waals surface area contributed by atoms with Crippen LogP contribution >= 0.6 is 0 Å². The molecule has 0 radical (unpaired) electrons. The SMILES string of the molecule is CC1CN(C(C)(C)CNCc2c(C(C)C)nn(C)c2N2CCOCC2)CC(C)O1. The van der Waals surface area contributed by atoms with Crippen LogP contribution in [-0.2, 0) is 23.1 Å². The Morgan fingerprint density at radius 1 is 1.14 bits per heavy atom. The highest BCUT2D eigenvalue weighted by molar-refractivity contribution is 5.51. The first-order valence-electron chi connectivity index (χ1n) is 11.2. The zero-order chi connectivity index (χ0) is 21.2. The summed E-state index contributed by atoms with van der Waals surface area (Å²) < 4.78 is 13.6. The van der Waals surface area contributed by atoms with E-state index >= 15 is 0 Å². The number of nitrogens with zero attached hydrogens (tertiary/aromatic N) is 4. The number of hydrogen-bond acceptors (Lipinski definition) is 6. The second kappa shape index (κ2) is 9.33. The first kappa shape index (κ1) is 22.5. The minimum Gasteiger partial charge on any atom is -0.378 e. The maximum absolute atomic E-state index is 5.92. The van der Waals surface area contributed by atoms with Gasteiger partial charge in [-0.15, -0.1) is 0 Å². The molecule has 2 fully saturated rings. The Bertz CT molecular complexity index is 656. The highest BCUT2D eigenvalue weighted by atomic mass is 16.5. The van der Waals surface area contributed by atoms with Gasteiger partial charge in [0, 0.05) is 57.4 Å². The second-order valence-electron chi connectivity index (χ2n) is 9.64. The predicted molar refractivity (Wildman–Crippen MR) is 118 cm³/mol. The van der Waals surface area contributed by atoms with Crippen molar-refractivity contribution in [3.05, 3.63) is 11.3 Å². The Morgan fingerprint density at radius 2 is 1.76 bits per heavy atom. The van der Waals surface area contributed by atoms with E-state index in [0.717, 1.165) is 52.5 Å². The molecule has 0 saturated carbocycles. The summed E-state index contributed by atoms with van der Waals surface area (Å²) in [5.41, 5.74) is 2.61. The molecule has 1 aromatic rings. The minimum absolute atomic E-state index is 0.0750. The van der Waals surface area contributed by atoms with E-state index in [0.29, 0.717) is 5.92 Å². The Kier molecular flexibility index (Phi) is 7.25. The van der Waals surface area contributed by atoms with Gasteiger partial charge in [-0.05, 0) is 33.6 Å². The molecule has 3 heterocycles. The summed E-state index contributed by atoms with van der Waals surface area (Å²) in [6, 6.07) is 0. The van der Waals surface area contributed by atoms with Gasteiger partial charge in [-0.25, -0.2) is 0 Å². The summed E-state index contributed by atoms with van der Waals surface area (Å²) in [7, 11) is 2.07. The molecule has 0 spiro atoms. The summed E-state index contributed by atoms with van der Waals surface area (Å²) >= 11 is 0. The smallest absolute Gasteiger partial charge is 0.131 e. The standard InChI is InChI=1S/C22H41N5O2/c1-16(2)20-19(21(25(7)24-20)26-8-10-28-11-9-26)12-23-15-22(5,6)27-13-17(3)29-18(4)14-27/h16-18,23H,8-15H2,1-7H3. The van der Waals surface area contributed by atoms with Crippen LogP contribution < -0.4 is 10.2 Å². The van der Waals surface area contributed by atoms with Crippen LogP contribution in [0.5, 0.6) is 0 Å². The third-order valence-corrected chi connectivity index (χ3v) is 6.14. The van der Waals surface area contributed by atoms with Gasteiger partial charge in [-0.3, -0.25) is 9.58 Å². The largest absolute Gasteiger partial charge is 0.378 e. The molecular weight excluding hydrogens is 366 g/mol. The van der Waals surface area contributed by atoms with Gasteiger partial charge in [-0.2, -0.15) is 5.10 Å². The lowest BCUT2D eigenvalue weighted by molar-refractivity contribution is -0.0952. The topological polar surface area (TPSA) is 54.8 Å². The highest BCUT2D eigenvalue weighted by Gasteiger charge is 2.33. The van der Waals surface area contributed by atoms with Gasteiger partial charge in [0.2, 0.25) is 0 Å². The molecule has 2 saturated heterocycles. The Balaban J connectivity index is 1.70. The van der Waals surface area contributed by atoms with Crippen LogP contribution in [-0.4, -0.2) is 78.4 Å². The van der Waals surface area contributed by atoms with Crippen molar-refractivity contribution in [3.8, 4) is 0 Å². The molecule has 7 nitrogen and oxygen atoms in total. The molecule has 3 rings (SSSR count). The third kappa shape index (κ3) is 5.32. The van der Waals surface area contributed by atoms with Gasteiger partial charge in [0.25, 0.3) is 0 Å². The molecule has 1 N–H and O–H groups in total. The van der Waals surface area contributed by atoms with Gasteiger partial charge in [0.15, 0.2) is 0 Å². The molecule has 2 atom stereocenters. The molecule has 7 heteroatoms. The Morgan fingerprint density at radius 3 is 2.34 bits per heavy atom. The first-order valence-corrected chi connectivity index (χ1v) is 11.2. The molecule has 2 aliphatic heterocycles. The summed E-state index contributed by atoms with van der Waals surface area (Å²) in [5, 5.41) is 8.64. The van der Waals surface area contributed by atoms with Crippen LogP contribution in [0, 0.1) is 0 Å². The molecule has 166 valence electrons. The zero-order valence-electron chi connectivity index (χ0n) is 19.5. The summed E-state index contributed by atoms with van der Waals surface area (Å²) in [6.07, 6.45) is 0.577. The van der Waals surface area contributed by atoms with Gasteiger partial charge < -0.3 is 19.7 Å². The quantitative estimate of drug-likeness (QED) is 0.749. The van der Waals surface area contributed by atoms with Crippen molar-refractivity contribution >= 4 is 5.82 Å². The van der Waals surface area contributed by atoms with Gasteiger partial charge in [0.05, 0.1) is 31.1 Å². The fraction of sp³-hybridized carbons (Fsp3) is 0.864. The highest BCUT2D eigenvalue weighted by Crippen LogP contribution is 2.29. The summed E-state index contributed by atoms with van der Waals surface area (Å²) in [6.45, 7) is 20.7. The van der Waals surface area contributed by atoms with E-state index < -0.39 is 0 Å². The lowest BCUT2D eigenvalue weighted by Crippen LogP contribution is -2.58. The van der Waals surface area contributed by atoms with E-state index in [9.17, 15) is 0 Å². The van der Waals surface area contributed by atoms with E-state index in [-0.39, 0.29) is 17.7 Å². The molecule has 2 unspecified atom stereocenters. The van der Waals surface area contributed by atoms with Gasteiger partial charge >= 0.3 is 0 Å². The molecule has 0 aromatic carbocycles. The summed E-state index contributed by atoms with van der Waals surface area (Å²) in [4.78, 5) is 4.99. The number of aryl methyl sites for hydroxylation is 1. The monoisotopic (exact) mass is 407 g/mol. The van der Waals surface area contributed by atoms with Crippen LogP contribution in [0.4, 0.5) is 5.82 Å². The normalized spacial score (nSPS) is 24.5. The van der Waals surface area contributed by atoms with Crippen LogP contribution in [0.2, 0.25) is 0 Å². The van der Waals surface area contributed by atoms with Crippen molar-refractivity contribution in [1.82, 2.24) is 20.0 Å². The first-order chi connectivity index (χ1) is 13.7. The van der Waals surface area contributed by atoms with Crippen molar-refractivity contribution in [2.45, 2.75) is 71.8 Å². The third-order valence-electron chi connectivity index (χ3n) is 6.14. The Hall–Kier alpha value is -1.15. The molecule has 2 aliphatic rings. The average molecular weight is 408 g/mol. The number of ether oxygens (including phenoxy) is 2. The van der Waals surface area contributed by atoms with E-state index in [1.54, 1.807) is 0 Å². The second-order valence-corrected chi connectivity index (χ2v) is 9.64. The van der Waals surface area contributed by atoms with E-state index in [1.807, 2.05) is 0 Å². The zero-order valence-corrected chi connectivity index (χ0v) is 19.5. The predicted octanol–water partition coefficient (Wildman–Crippen LogP) is 2.36. The van der Waals surface area contributed by atoms with Crippen LogP contribution in [0.3, 0.4) is 0 Å². The molecule has 29 heavy (non-hydrogen) atoms. The van der Waals surface area contributed by atoms with E-state index in [1.165, 1.54) is 17.1 Å². The molecule has 0 amide bonds. The Labute approximate surface area is 176 Å². The van der Waals surface area contributed by atoms with Crippen molar-refractivity contribution < 1.29 is 9.47 Å². The maximum Gasteiger partial charge on any atom is 0.131 e. The number of morpholine rings is 2. The van der Waals surface area contributed by atoms with Crippen molar-refractivity contribution in [2.24, 2.45) is 7.05 Å². The van der Waals surface area contributed by atoms with E-state index in [4.69, 9.17) is 14.6 Å². The number of aromatic nitrogens is 2. The van der Waals surface area contributed by atoms with Crippen molar-refractivity contribution in [3.63, 3.8) is 0 Å². The average Bonchev–Trinajstić information content (AvgIpc) is 2.98. The van der Waals surface area contributed by atoms with Crippen molar-refractivity contribution in [1.29, 1.82) is 0 Å². The minimum atomic E-state index is 0.0750. The van der Waals surface area contributed by atoms with Crippen LogP contribution in [0.15, 0.2) is 0 Å². The molecule has 1 aromatic heterocycles. The van der Waals surface area contributed by atoms with Crippen LogP contribution in [0.25, 0.3) is 0 Å².